The number of likely N-dealkylation sites (tertiary alicyclic amines) is 1. The van der Waals surface area contributed by atoms with Gasteiger partial charge in [-0.2, -0.15) is 5.10 Å². The molecule has 0 aliphatic carbocycles. The summed E-state index contributed by atoms with van der Waals surface area (Å²) in [6.07, 6.45) is 8.37. The minimum Gasteiger partial charge on any atom is -0.344 e. The SMILES string of the molecule is O=c1c(-c2ncc[nH]2)ccc2n1C[C@H]1C[C@@H]2CN(Cc2cccc(-n3cccn3)c2)C1. The summed E-state index contributed by atoms with van der Waals surface area (Å²) in [5.74, 6) is 1.53. The molecule has 156 valence electrons. The van der Waals surface area contributed by atoms with Crippen molar-refractivity contribution in [1.82, 2.24) is 29.2 Å². The average Bonchev–Trinajstić information content (AvgIpc) is 3.49. The van der Waals surface area contributed by atoms with Gasteiger partial charge in [0.25, 0.3) is 5.56 Å². The van der Waals surface area contributed by atoms with E-state index < -0.39 is 0 Å². The van der Waals surface area contributed by atoms with Crippen LogP contribution in [-0.4, -0.2) is 42.3 Å². The lowest BCUT2D eigenvalue weighted by molar-refractivity contribution is 0.114. The van der Waals surface area contributed by atoms with Crippen molar-refractivity contribution >= 4 is 0 Å². The van der Waals surface area contributed by atoms with Gasteiger partial charge in [0.15, 0.2) is 0 Å². The molecular weight excluding hydrogens is 388 g/mol. The van der Waals surface area contributed by atoms with Crippen LogP contribution in [0.3, 0.4) is 0 Å². The Hall–Kier alpha value is -3.45. The molecule has 4 aromatic rings. The molecule has 1 aromatic carbocycles. The first kappa shape index (κ1) is 18.3. The Kier molecular flexibility index (Phi) is 4.35. The molecule has 7 heteroatoms. The van der Waals surface area contributed by atoms with Gasteiger partial charge in [-0.3, -0.25) is 9.69 Å². The molecule has 2 aliphatic rings. The number of imidazole rings is 1. The lowest BCUT2D eigenvalue weighted by atomic mass is 9.82. The van der Waals surface area contributed by atoms with Gasteiger partial charge in [0, 0.05) is 62.6 Å². The van der Waals surface area contributed by atoms with E-state index in [0.29, 0.717) is 23.2 Å². The molecular formula is C24H24N6O. The Labute approximate surface area is 180 Å². The van der Waals surface area contributed by atoms with E-state index in [1.807, 2.05) is 27.6 Å². The second kappa shape index (κ2) is 7.35. The highest BCUT2D eigenvalue weighted by atomic mass is 16.1. The monoisotopic (exact) mass is 412 g/mol. The Morgan fingerprint density at radius 3 is 2.87 bits per heavy atom. The van der Waals surface area contributed by atoms with Crippen molar-refractivity contribution in [3.63, 3.8) is 0 Å². The maximum atomic E-state index is 13.1. The van der Waals surface area contributed by atoms with Gasteiger partial charge in [-0.25, -0.2) is 9.67 Å². The number of fused-ring (bicyclic) bond motifs is 4. The third-order valence-electron chi connectivity index (χ3n) is 6.52. The second-order valence-corrected chi connectivity index (χ2v) is 8.64. The van der Waals surface area contributed by atoms with Crippen molar-refractivity contribution < 1.29 is 0 Å². The molecule has 0 amide bonds. The van der Waals surface area contributed by atoms with Crippen molar-refractivity contribution in [3.05, 3.63) is 88.9 Å². The number of aromatic nitrogens is 5. The topological polar surface area (TPSA) is 71.7 Å². The van der Waals surface area contributed by atoms with Crippen LogP contribution in [0.5, 0.6) is 0 Å². The van der Waals surface area contributed by atoms with Crippen molar-refractivity contribution in [1.29, 1.82) is 0 Å². The second-order valence-electron chi connectivity index (χ2n) is 8.64. The number of rotatable bonds is 4. The Morgan fingerprint density at radius 1 is 1.06 bits per heavy atom. The quantitative estimate of drug-likeness (QED) is 0.559. The number of nitrogens with zero attached hydrogens (tertiary/aromatic N) is 5. The molecule has 0 unspecified atom stereocenters. The molecule has 7 nitrogen and oxygen atoms in total. The third-order valence-corrected chi connectivity index (χ3v) is 6.52. The molecule has 3 aromatic heterocycles. The Balaban J connectivity index is 1.25. The van der Waals surface area contributed by atoms with Crippen LogP contribution in [-0.2, 0) is 13.1 Å². The lowest BCUT2D eigenvalue weighted by Crippen LogP contribution is -2.47. The maximum absolute atomic E-state index is 13.1. The van der Waals surface area contributed by atoms with Crippen LogP contribution in [0.15, 0.2) is 72.0 Å². The molecule has 6 rings (SSSR count). The molecule has 0 saturated carbocycles. The first-order valence-electron chi connectivity index (χ1n) is 10.8. The van der Waals surface area contributed by atoms with Crippen LogP contribution in [0, 0.1) is 5.92 Å². The molecule has 0 spiro atoms. The summed E-state index contributed by atoms with van der Waals surface area (Å²) >= 11 is 0. The maximum Gasteiger partial charge on any atom is 0.261 e. The van der Waals surface area contributed by atoms with Gasteiger partial charge in [0.2, 0.25) is 0 Å². The summed E-state index contributed by atoms with van der Waals surface area (Å²) in [7, 11) is 0. The highest BCUT2D eigenvalue weighted by molar-refractivity contribution is 5.53. The van der Waals surface area contributed by atoms with Crippen LogP contribution >= 0.6 is 0 Å². The van der Waals surface area contributed by atoms with Crippen molar-refractivity contribution in [2.45, 2.75) is 25.4 Å². The Morgan fingerprint density at radius 2 is 2.03 bits per heavy atom. The normalized spacial score (nSPS) is 20.5. The number of aromatic amines is 1. The molecule has 5 heterocycles. The smallest absolute Gasteiger partial charge is 0.261 e. The van der Waals surface area contributed by atoms with Crippen LogP contribution in [0.25, 0.3) is 17.1 Å². The number of H-pyrrole nitrogens is 1. The van der Waals surface area contributed by atoms with Crippen molar-refractivity contribution in [3.8, 4) is 17.1 Å². The van der Waals surface area contributed by atoms with Crippen LogP contribution < -0.4 is 5.56 Å². The molecule has 0 radical (unpaired) electrons. The van der Waals surface area contributed by atoms with Crippen molar-refractivity contribution in [2.24, 2.45) is 5.92 Å². The number of pyridine rings is 1. The van der Waals surface area contributed by atoms with E-state index in [9.17, 15) is 4.79 Å². The standard InChI is InChI=1S/C24H24N6O/c31-24-21(23-25-8-9-26-23)5-6-22-19-11-18(15-29(22)24)14-28(16-19)13-17-3-1-4-20(12-17)30-10-2-7-27-30/h1-10,12,18-19H,11,13-16H2,(H,25,26)/t18-,19+/m0/s1. The zero-order chi connectivity index (χ0) is 20.8. The molecule has 1 fully saturated rings. The van der Waals surface area contributed by atoms with E-state index in [1.165, 1.54) is 5.56 Å². The minimum absolute atomic E-state index is 0.0718. The molecule has 1 N–H and O–H groups in total. The number of hydrogen-bond acceptors (Lipinski definition) is 4. The van der Waals surface area contributed by atoms with Crippen LogP contribution in [0.4, 0.5) is 0 Å². The zero-order valence-electron chi connectivity index (χ0n) is 17.2. The highest BCUT2D eigenvalue weighted by Gasteiger charge is 2.35. The minimum atomic E-state index is 0.0718. The van der Waals surface area contributed by atoms with Gasteiger partial charge in [-0.1, -0.05) is 12.1 Å². The van der Waals surface area contributed by atoms with Gasteiger partial charge in [-0.15, -0.1) is 0 Å². The van der Waals surface area contributed by atoms with Gasteiger partial charge in [-0.05, 0) is 48.2 Å². The van der Waals surface area contributed by atoms with Gasteiger partial charge in [0.05, 0.1) is 11.3 Å². The van der Waals surface area contributed by atoms with Crippen LogP contribution in [0.1, 0.15) is 23.6 Å². The summed E-state index contributed by atoms with van der Waals surface area (Å²) < 4.78 is 3.89. The predicted octanol–water partition coefficient (Wildman–Crippen LogP) is 3.04. The third kappa shape index (κ3) is 3.31. The zero-order valence-corrected chi connectivity index (χ0v) is 17.2. The number of nitrogens with one attached hydrogen (secondary N) is 1. The fraction of sp³-hybridized carbons (Fsp3) is 0.292. The first-order valence-corrected chi connectivity index (χ1v) is 10.8. The summed E-state index contributed by atoms with van der Waals surface area (Å²) in [6, 6.07) is 14.6. The fourth-order valence-corrected chi connectivity index (χ4v) is 5.24. The largest absolute Gasteiger partial charge is 0.344 e. The molecule has 2 aliphatic heterocycles. The number of hydrogen-bond donors (Lipinski definition) is 1. The molecule has 31 heavy (non-hydrogen) atoms. The van der Waals surface area contributed by atoms with Crippen molar-refractivity contribution in [2.75, 3.05) is 13.1 Å². The number of benzene rings is 1. The highest BCUT2D eigenvalue weighted by Crippen LogP contribution is 2.36. The summed E-state index contributed by atoms with van der Waals surface area (Å²) in [6.45, 7) is 3.68. The summed E-state index contributed by atoms with van der Waals surface area (Å²) in [4.78, 5) is 23.0. The number of piperidine rings is 1. The summed E-state index contributed by atoms with van der Waals surface area (Å²) in [5, 5.41) is 4.34. The van der Waals surface area contributed by atoms with E-state index in [4.69, 9.17) is 0 Å². The average molecular weight is 412 g/mol. The molecule has 1 saturated heterocycles. The van der Waals surface area contributed by atoms with E-state index in [0.717, 1.165) is 44.0 Å². The van der Waals surface area contributed by atoms with E-state index in [2.05, 4.69) is 50.3 Å². The van der Waals surface area contributed by atoms with Gasteiger partial charge in [0.1, 0.15) is 5.82 Å². The fourth-order valence-electron chi connectivity index (χ4n) is 5.24. The first-order chi connectivity index (χ1) is 15.2. The van der Waals surface area contributed by atoms with E-state index >= 15 is 0 Å². The van der Waals surface area contributed by atoms with Crippen LogP contribution in [0.2, 0.25) is 0 Å². The molecule has 2 atom stereocenters. The molecule has 2 bridgehead atoms. The summed E-state index contributed by atoms with van der Waals surface area (Å²) in [5.41, 5.74) is 4.26. The van der Waals surface area contributed by atoms with Gasteiger partial charge >= 0.3 is 0 Å². The van der Waals surface area contributed by atoms with E-state index in [-0.39, 0.29) is 5.56 Å². The predicted molar refractivity (Wildman–Crippen MR) is 118 cm³/mol. The van der Waals surface area contributed by atoms with Gasteiger partial charge < -0.3 is 9.55 Å². The Bertz CT molecular complexity index is 1260. The van der Waals surface area contributed by atoms with E-state index in [1.54, 1.807) is 18.6 Å². The lowest BCUT2D eigenvalue weighted by Gasteiger charge is -2.43.